The molecular formula is C32H32ClN5O5. The molecule has 222 valence electrons. The molecule has 10 nitrogen and oxygen atoms in total. The normalized spacial score (nSPS) is 18.5. The van der Waals surface area contributed by atoms with Gasteiger partial charge in [0.15, 0.2) is 11.5 Å². The van der Waals surface area contributed by atoms with E-state index in [1.807, 2.05) is 22.8 Å². The van der Waals surface area contributed by atoms with Crippen molar-refractivity contribution in [2.75, 3.05) is 25.7 Å². The fraction of sp³-hybridized carbons (Fsp3) is 0.312. The number of aromatic carboxylic acids is 1. The van der Waals surface area contributed by atoms with E-state index in [4.69, 9.17) is 20.9 Å². The number of nitrogens with zero attached hydrogens (tertiary/aromatic N) is 3. The smallest absolute Gasteiger partial charge is 0.341 e. The van der Waals surface area contributed by atoms with Crippen molar-refractivity contribution in [1.82, 2.24) is 14.5 Å². The molecule has 0 amide bonds. The number of halogens is 1. The minimum Gasteiger partial charge on any atom is -0.493 e. The molecule has 5 N–H and O–H groups in total. The van der Waals surface area contributed by atoms with E-state index in [0.29, 0.717) is 63.2 Å². The van der Waals surface area contributed by atoms with Crippen LogP contribution in [-0.4, -0.2) is 39.8 Å². The van der Waals surface area contributed by atoms with Crippen LogP contribution in [0.4, 0.5) is 11.8 Å². The second-order valence-electron chi connectivity index (χ2n) is 11.0. The van der Waals surface area contributed by atoms with Gasteiger partial charge in [-0.05, 0) is 67.0 Å². The third kappa shape index (κ3) is 5.56. The van der Waals surface area contributed by atoms with E-state index >= 15 is 0 Å². The SMILES string of the molecule is COc1cc(Cc2cnc(N)nc2N)cc(C#Cc2ccc3c(=O)c(C(=O)O)cn(C4CC5CCC4C5)c3c2)c1OC.Cl. The van der Waals surface area contributed by atoms with Gasteiger partial charge in [0.05, 0.1) is 25.3 Å². The highest BCUT2D eigenvalue weighted by molar-refractivity contribution is 5.93. The van der Waals surface area contributed by atoms with Crippen molar-refractivity contribution in [2.24, 2.45) is 11.8 Å². The third-order valence-corrected chi connectivity index (χ3v) is 8.51. The molecule has 0 aliphatic heterocycles. The van der Waals surface area contributed by atoms with Crippen LogP contribution in [0.25, 0.3) is 10.9 Å². The van der Waals surface area contributed by atoms with E-state index < -0.39 is 11.4 Å². The number of hydrogen-bond donors (Lipinski definition) is 3. The summed E-state index contributed by atoms with van der Waals surface area (Å²) >= 11 is 0. The number of benzene rings is 2. The molecule has 2 aliphatic carbocycles. The van der Waals surface area contributed by atoms with Gasteiger partial charge in [0.2, 0.25) is 11.4 Å². The fourth-order valence-corrected chi connectivity index (χ4v) is 6.55. The number of rotatable bonds is 6. The molecule has 2 heterocycles. The highest BCUT2D eigenvalue weighted by Crippen LogP contribution is 2.51. The standard InChI is InChI=1S/C32H31N5O5.ClH/c1-41-27-14-19(11-22-15-35-32(34)36-30(22)33)10-21(29(27)42-2)7-3-17-5-8-23-26(12-17)37(16-24(28(23)38)31(39)40)25-13-18-4-6-20(25)9-18;/h5,8,10,12,14-16,18,20,25H,4,6,9,11,13H2,1-2H3,(H,39,40)(H4,33,34,35,36);1H. The zero-order chi connectivity index (χ0) is 29.5. The predicted molar refractivity (Wildman–Crippen MR) is 166 cm³/mol. The van der Waals surface area contributed by atoms with Crippen LogP contribution < -0.4 is 26.4 Å². The number of carboxylic acids is 1. The average molecular weight is 602 g/mol. The number of ether oxygens (including phenoxy) is 2. The second kappa shape index (κ2) is 11.9. The molecule has 2 fully saturated rings. The highest BCUT2D eigenvalue weighted by atomic mass is 35.5. The Bertz CT molecular complexity index is 1860. The van der Waals surface area contributed by atoms with Crippen LogP contribution in [0.1, 0.15) is 64.3 Å². The van der Waals surface area contributed by atoms with Crippen molar-refractivity contribution in [3.8, 4) is 23.3 Å². The highest BCUT2D eigenvalue weighted by Gasteiger charge is 2.41. The molecule has 0 spiro atoms. The topological polar surface area (TPSA) is 156 Å². The van der Waals surface area contributed by atoms with Crippen LogP contribution in [0, 0.1) is 23.7 Å². The van der Waals surface area contributed by atoms with E-state index in [0.717, 1.165) is 24.8 Å². The zero-order valence-corrected chi connectivity index (χ0v) is 24.6. The molecule has 0 saturated heterocycles. The first-order valence-corrected chi connectivity index (χ1v) is 13.8. The number of anilines is 2. The molecule has 6 rings (SSSR count). The lowest BCUT2D eigenvalue weighted by atomic mass is 9.94. The van der Waals surface area contributed by atoms with E-state index in [1.165, 1.54) is 12.6 Å². The molecule has 2 bridgehead atoms. The molecule has 11 heteroatoms. The van der Waals surface area contributed by atoms with Gasteiger partial charge >= 0.3 is 5.97 Å². The van der Waals surface area contributed by atoms with Gasteiger partial charge in [-0.15, -0.1) is 12.4 Å². The van der Waals surface area contributed by atoms with Crippen LogP contribution in [-0.2, 0) is 6.42 Å². The van der Waals surface area contributed by atoms with Gasteiger partial charge in [-0.2, -0.15) is 4.98 Å². The Morgan fingerprint density at radius 1 is 1.12 bits per heavy atom. The number of carbonyl (C=O) groups is 1. The van der Waals surface area contributed by atoms with E-state index in [2.05, 4.69) is 21.8 Å². The molecule has 2 aliphatic rings. The summed E-state index contributed by atoms with van der Waals surface area (Å²) in [5, 5.41) is 10.1. The van der Waals surface area contributed by atoms with Crippen LogP contribution in [0.15, 0.2) is 47.5 Å². The lowest BCUT2D eigenvalue weighted by molar-refractivity contribution is 0.0694. The van der Waals surface area contributed by atoms with Crippen molar-refractivity contribution in [1.29, 1.82) is 0 Å². The molecule has 3 unspecified atom stereocenters. The lowest BCUT2D eigenvalue weighted by Crippen LogP contribution is -2.23. The minimum atomic E-state index is -1.21. The fourth-order valence-electron chi connectivity index (χ4n) is 6.55. The van der Waals surface area contributed by atoms with Gasteiger partial charge in [0.25, 0.3) is 0 Å². The molecule has 2 aromatic heterocycles. The predicted octanol–water partition coefficient (Wildman–Crippen LogP) is 4.44. The van der Waals surface area contributed by atoms with Crippen LogP contribution >= 0.6 is 12.4 Å². The molecule has 0 radical (unpaired) electrons. The second-order valence-corrected chi connectivity index (χ2v) is 11.0. The van der Waals surface area contributed by atoms with Crippen molar-refractivity contribution in [3.63, 3.8) is 0 Å². The molecule has 3 atom stereocenters. The Morgan fingerprint density at radius 3 is 2.58 bits per heavy atom. The van der Waals surface area contributed by atoms with Gasteiger partial charge in [0.1, 0.15) is 11.4 Å². The molecule has 2 saturated carbocycles. The summed E-state index contributed by atoms with van der Waals surface area (Å²) in [7, 11) is 3.11. The van der Waals surface area contributed by atoms with Crippen molar-refractivity contribution >= 4 is 41.0 Å². The summed E-state index contributed by atoms with van der Waals surface area (Å²) in [6, 6.07) is 9.21. The van der Waals surface area contributed by atoms with Gasteiger partial charge in [-0.1, -0.05) is 18.3 Å². The van der Waals surface area contributed by atoms with Crippen LogP contribution in [0.5, 0.6) is 11.5 Å². The average Bonchev–Trinajstić information content (AvgIpc) is 3.61. The molecule has 43 heavy (non-hydrogen) atoms. The Labute approximate surface area is 254 Å². The number of carboxylic acid groups (broad SMARTS) is 1. The number of nitrogen functional groups attached to an aromatic ring is 2. The summed E-state index contributed by atoms with van der Waals surface area (Å²) in [6.45, 7) is 0. The summed E-state index contributed by atoms with van der Waals surface area (Å²) in [6.07, 6.45) is 8.02. The molecule has 4 aromatic rings. The van der Waals surface area contributed by atoms with E-state index in [9.17, 15) is 14.7 Å². The quantitative estimate of drug-likeness (QED) is 0.272. The van der Waals surface area contributed by atoms with Crippen LogP contribution in [0.3, 0.4) is 0 Å². The van der Waals surface area contributed by atoms with Crippen LogP contribution in [0.2, 0.25) is 0 Å². The van der Waals surface area contributed by atoms with E-state index in [-0.39, 0.29) is 30.0 Å². The number of fused-ring (bicyclic) bond motifs is 3. The monoisotopic (exact) mass is 601 g/mol. The van der Waals surface area contributed by atoms with E-state index in [1.54, 1.807) is 32.5 Å². The summed E-state index contributed by atoms with van der Waals surface area (Å²) in [5.41, 5.74) is 14.6. The van der Waals surface area contributed by atoms with Gasteiger partial charge in [0, 0.05) is 41.4 Å². The largest absolute Gasteiger partial charge is 0.493 e. The maximum atomic E-state index is 13.1. The molecular weight excluding hydrogens is 570 g/mol. The third-order valence-electron chi connectivity index (χ3n) is 8.51. The number of hydrogen-bond acceptors (Lipinski definition) is 8. The van der Waals surface area contributed by atoms with Gasteiger partial charge in [-0.3, -0.25) is 4.79 Å². The molecule has 2 aromatic carbocycles. The minimum absolute atomic E-state index is 0. The lowest BCUT2D eigenvalue weighted by Gasteiger charge is -2.27. The number of aromatic nitrogens is 3. The summed E-state index contributed by atoms with van der Waals surface area (Å²) in [5.74, 6) is 7.75. The van der Waals surface area contributed by atoms with Gasteiger partial charge in [-0.25, -0.2) is 9.78 Å². The first kappa shape index (κ1) is 29.7. The maximum absolute atomic E-state index is 13.1. The Balaban J connectivity index is 0.00000368. The van der Waals surface area contributed by atoms with Crippen molar-refractivity contribution in [2.45, 2.75) is 38.1 Å². The zero-order valence-electron chi connectivity index (χ0n) is 23.8. The summed E-state index contributed by atoms with van der Waals surface area (Å²) < 4.78 is 13.2. The number of pyridine rings is 1. The van der Waals surface area contributed by atoms with Gasteiger partial charge < -0.3 is 30.6 Å². The Hall–Kier alpha value is -4.75. The van der Waals surface area contributed by atoms with Crippen molar-refractivity contribution < 1.29 is 19.4 Å². The van der Waals surface area contributed by atoms with Crippen molar-refractivity contribution in [3.05, 3.63) is 80.8 Å². The maximum Gasteiger partial charge on any atom is 0.341 e. The number of methoxy groups -OCH3 is 2. The Morgan fingerprint density at radius 2 is 1.93 bits per heavy atom. The first-order valence-electron chi connectivity index (χ1n) is 13.8. The number of nitrogens with two attached hydrogens (primary N) is 2. The summed E-state index contributed by atoms with van der Waals surface area (Å²) in [4.78, 5) is 33.1. The Kier molecular flexibility index (Phi) is 8.20. The first-order chi connectivity index (χ1) is 20.2.